The zero-order chi connectivity index (χ0) is 11.5. The predicted octanol–water partition coefficient (Wildman–Crippen LogP) is 3.35. The van der Waals surface area contributed by atoms with Gasteiger partial charge in [-0.05, 0) is 56.4 Å². The van der Waals surface area contributed by atoms with Gasteiger partial charge in [0.15, 0.2) is 0 Å². The van der Waals surface area contributed by atoms with Crippen LogP contribution in [0.5, 0.6) is 0 Å². The molecule has 1 saturated heterocycles. The quantitative estimate of drug-likeness (QED) is 0.771. The van der Waals surface area contributed by atoms with Gasteiger partial charge in [-0.25, -0.2) is 0 Å². The Morgan fingerprint density at radius 3 is 2.88 bits per heavy atom. The zero-order valence-corrected chi connectivity index (χ0v) is 10.4. The molecule has 1 aromatic rings. The highest BCUT2D eigenvalue weighted by molar-refractivity contribution is 5.58. The average molecular weight is 218 g/mol. The molecule has 0 aromatic heterocycles. The SMILES string of the molecule is CC[C@@H]1CCCCN1c1ccc(N)c(C)c1. The monoisotopic (exact) mass is 218 g/mol. The van der Waals surface area contributed by atoms with Gasteiger partial charge in [0.05, 0.1) is 0 Å². The highest BCUT2D eigenvalue weighted by atomic mass is 15.2. The lowest BCUT2D eigenvalue weighted by Gasteiger charge is -2.37. The first-order valence-corrected chi connectivity index (χ1v) is 6.35. The molecule has 2 rings (SSSR count). The van der Waals surface area contributed by atoms with Gasteiger partial charge >= 0.3 is 0 Å². The fraction of sp³-hybridized carbons (Fsp3) is 0.571. The summed E-state index contributed by atoms with van der Waals surface area (Å²) in [5.74, 6) is 0. The molecule has 88 valence electrons. The fourth-order valence-corrected chi connectivity index (χ4v) is 2.60. The minimum absolute atomic E-state index is 0.719. The van der Waals surface area contributed by atoms with Crippen LogP contribution in [0.15, 0.2) is 18.2 Å². The van der Waals surface area contributed by atoms with E-state index in [2.05, 4.69) is 30.9 Å². The smallest absolute Gasteiger partial charge is 0.0372 e. The number of aryl methyl sites for hydroxylation is 1. The van der Waals surface area contributed by atoms with Crippen LogP contribution in [0.3, 0.4) is 0 Å². The van der Waals surface area contributed by atoms with Crippen LogP contribution in [0.25, 0.3) is 0 Å². The van der Waals surface area contributed by atoms with Crippen LogP contribution in [-0.4, -0.2) is 12.6 Å². The molecule has 0 aliphatic carbocycles. The molecule has 16 heavy (non-hydrogen) atoms. The van der Waals surface area contributed by atoms with E-state index < -0.39 is 0 Å². The van der Waals surface area contributed by atoms with E-state index in [1.165, 1.54) is 43.5 Å². The Balaban J connectivity index is 2.23. The summed E-state index contributed by atoms with van der Waals surface area (Å²) < 4.78 is 0. The lowest BCUT2D eigenvalue weighted by molar-refractivity contribution is 0.450. The summed E-state index contributed by atoms with van der Waals surface area (Å²) in [5, 5.41) is 0. The Hall–Kier alpha value is -1.18. The van der Waals surface area contributed by atoms with Crippen LogP contribution in [0.2, 0.25) is 0 Å². The number of nitrogen functional groups attached to an aromatic ring is 1. The summed E-state index contributed by atoms with van der Waals surface area (Å²) in [4.78, 5) is 2.55. The largest absolute Gasteiger partial charge is 0.399 e. The van der Waals surface area contributed by atoms with Gasteiger partial charge in [0.2, 0.25) is 0 Å². The Bertz CT molecular complexity index is 360. The Kier molecular flexibility index (Phi) is 3.37. The van der Waals surface area contributed by atoms with Crippen LogP contribution >= 0.6 is 0 Å². The maximum atomic E-state index is 5.87. The first-order valence-electron chi connectivity index (χ1n) is 6.35. The van der Waals surface area contributed by atoms with E-state index in [9.17, 15) is 0 Å². The number of rotatable bonds is 2. The van der Waals surface area contributed by atoms with E-state index in [0.717, 1.165) is 11.7 Å². The van der Waals surface area contributed by atoms with Gasteiger partial charge in [0.25, 0.3) is 0 Å². The molecule has 2 nitrogen and oxygen atoms in total. The van der Waals surface area contributed by atoms with Crippen molar-refractivity contribution in [3.8, 4) is 0 Å². The van der Waals surface area contributed by atoms with E-state index in [1.54, 1.807) is 0 Å². The van der Waals surface area contributed by atoms with Crippen molar-refractivity contribution < 1.29 is 0 Å². The average Bonchev–Trinajstić information content (AvgIpc) is 2.32. The van der Waals surface area contributed by atoms with Crippen LogP contribution in [0.1, 0.15) is 38.2 Å². The van der Waals surface area contributed by atoms with Crippen molar-refractivity contribution in [3.05, 3.63) is 23.8 Å². The van der Waals surface area contributed by atoms with Crippen molar-refractivity contribution in [2.75, 3.05) is 17.2 Å². The summed E-state index contributed by atoms with van der Waals surface area (Å²) in [5.41, 5.74) is 9.30. The predicted molar refractivity (Wildman–Crippen MR) is 70.9 cm³/mol. The summed E-state index contributed by atoms with van der Waals surface area (Å²) in [7, 11) is 0. The van der Waals surface area contributed by atoms with E-state index >= 15 is 0 Å². The second kappa shape index (κ2) is 4.77. The van der Waals surface area contributed by atoms with Crippen molar-refractivity contribution >= 4 is 11.4 Å². The zero-order valence-electron chi connectivity index (χ0n) is 10.4. The number of nitrogens with zero attached hydrogens (tertiary/aromatic N) is 1. The van der Waals surface area contributed by atoms with Crippen molar-refractivity contribution in [1.82, 2.24) is 0 Å². The Labute approximate surface area is 98.4 Å². The fourth-order valence-electron chi connectivity index (χ4n) is 2.60. The third kappa shape index (κ3) is 2.16. The third-order valence-electron chi connectivity index (χ3n) is 3.68. The summed E-state index contributed by atoms with van der Waals surface area (Å²) in [6.45, 7) is 5.57. The number of hydrogen-bond acceptors (Lipinski definition) is 2. The van der Waals surface area contributed by atoms with Crippen molar-refractivity contribution in [1.29, 1.82) is 0 Å². The molecule has 1 heterocycles. The lowest BCUT2D eigenvalue weighted by Crippen LogP contribution is -2.39. The minimum atomic E-state index is 0.719. The number of anilines is 2. The molecule has 0 amide bonds. The highest BCUT2D eigenvalue weighted by Crippen LogP contribution is 2.28. The Morgan fingerprint density at radius 1 is 1.38 bits per heavy atom. The number of nitrogens with two attached hydrogens (primary N) is 1. The van der Waals surface area contributed by atoms with Crippen LogP contribution in [0.4, 0.5) is 11.4 Å². The molecule has 1 fully saturated rings. The molecule has 0 radical (unpaired) electrons. The van der Waals surface area contributed by atoms with Gasteiger partial charge in [-0.1, -0.05) is 6.92 Å². The maximum absolute atomic E-state index is 5.87. The molecule has 1 aromatic carbocycles. The normalized spacial score (nSPS) is 21.1. The molecule has 2 heteroatoms. The molecule has 0 bridgehead atoms. The summed E-state index contributed by atoms with van der Waals surface area (Å²) >= 11 is 0. The molecule has 0 unspecified atom stereocenters. The van der Waals surface area contributed by atoms with Gasteiger partial charge in [-0.2, -0.15) is 0 Å². The lowest BCUT2D eigenvalue weighted by atomic mass is 9.98. The van der Waals surface area contributed by atoms with Crippen LogP contribution in [0, 0.1) is 6.92 Å². The van der Waals surface area contributed by atoms with Gasteiger partial charge < -0.3 is 10.6 Å². The van der Waals surface area contributed by atoms with Crippen molar-refractivity contribution in [3.63, 3.8) is 0 Å². The standard InChI is InChI=1S/C14H22N2/c1-3-12-6-4-5-9-16(12)13-7-8-14(15)11(2)10-13/h7-8,10,12H,3-6,9,15H2,1-2H3/t12-/m1/s1. The van der Waals surface area contributed by atoms with Crippen LogP contribution in [-0.2, 0) is 0 Å². The third-order valence-corrected chi connectivity index (χ3v) is 3.68. The molecule has 1 aliphatic rings. The second-order valence-corrected chi connectivity index (χ2v) is 4.79. The van der Waals surface area contributed by atoms with Gasteiger partial charge in [0, 0.05) is 24.0 Å². The number of piperidine rings is 1. The highest BCUT2D eigenvalue weighted by Gasteiger charge is 2.20. The molecule has 2 N–H and O–H groups in total. The van der Waals surface area contributed by atoms with E-state index in [0.29, 0.717) is 0 Å². The second-order valence-electron chi connectivity index (χ2n) is 4.79. The van der Waals surface area contributed by atoms with E-state index in [4.69, 9.17) is 5.73 Å². The summed E-state index contributed by atoms with van der Waals surface area (Å²) in [6.07, 6.45) is 5.27. The van der Waals surface area contributed by atoms with Crippen LogP contribution < -0.4 is 10.6 Å². The topological polar surface area (TPSA) is 29.3 Å². The number of benzene rings is 1. The molecule has 0 saturated carbocycles. The molecule has 0 spiro atoms. The summed E-state index contributed by atoms with van der Waals surface area (Å²) in [6, 6.07) is 7.14. The minimum Gasteiger partial charge on any atom is -0.399 e. The Morgan fingerprint density at radius 2 is 2.19 bits per heavy atom. The molecular weight excluding hydrogens is 196 g/mol. The first kappa shape index (κ1) is 11.3. The molecular formula is C14H22N2. The van der Waals surface area contributed by atoms with Crippen molar-refractivity contribution in [2.45, 2.75) is 45.6 Å². The van der Waals surface area contributed by atoms with E-state index in [1.807, 2.05) is 6.07 Å². The molecule has 1 aliphatic heterocycles. The van der Waals surface area contributed by atoms with Gasteiger partial charge in [-0.3, -0.25) is 0 Å². The maximum Gasteiger partial charge on any atom is 0.0372 e. The van der Waals surface area contributed by atoms with Gasteiger partial charge in [0.1, 0.15) is 0 Å². The van der Waals surface area contributed by atoms with E-state index in [-0.39, 0.29) is 0 Å². The van der Waals surface area contributed by atoms with Gasteiger partial charge in [-0.15, -0.1) is 0 Å². The van der Waals surface area contributed by atoms with Crippen molar-refractivity contribution in [2.24, 2.45) is 0 Å². The number of hydrogen-bond donors (Lipinski definition) is 1. The first-order chi connectivity index (χ1) is 7.72. The molecule has 1 atom stereocenters.